The lowest BCUT2D eigenvalue weighted by atomic mass is 9.87. The van der Waals surface area contributed by atoms with E-state index < -0.39 is 35.8 Å². The van der Waals surface area contributed by atoms with Gasteiger partial charge < -0.3 is 14.6 Å². The average Bonchev–Trinajstić information content (AvgIpc) is 3.39. The quantitative estimate of drug-likeness (QED) is 0.523. The second-order valence-electron chi connectivity index (χ2n) is 8.58. The molecule has 184 valence electrons. The maximum atomic E-state index is 13.8. The summed E-state index contributed by atoms with van der Waals surface area (Å²) in [4.78, 5) is 47.0. The van der Waals surface area contributed by atoms with Crippen molar-refractivity contribution in [3.8, 4) is 11.5 Å². The number of carbonyl (C=O) groups is 3. The molecule has 3 aromatic rings. The van der Waals surface area contributed by atoms with Crippen LogP contribution in [0.4, 0.5) is 11.4 Å². The fraction of sp³-hybridized carbons (Fsp3) is 0.222. The Kier molecular flexibility index (Phi) is 5.85. The van der Waals surface area contributed by atoms with Gasteiger partial charge in [0.05, 0.1) is 31.6 Å². The Morgan fingerprint density at radius 2 is 1.64 bits per heavy atom. The molecule has 0 radical (unpaired) electrons. The Morgan fingerprint density at radius 1 is 0.917 bits per heavy atom. The second-order valence-corrected chi connectivity index (χ2v) is 8.58. The van der Waals surface area contributed by atoms with E-state index in [9.17, 15) is 19.5 Å². The molecule has 2 amide bonds. The van der Waals surface area contributed by atoms with Crippen LogP contribution >= 0.6 is 0 Å². The van der Waals surface area contributed by atoms with Crippen LogP contribution in [0.2, 0.25) is 0 Å². The van der Waals surface area contributed by atoms with Gasteiger partial charge >= 0.3 is 5.97 Å². The summed E-state index contributed by atoms with van der Waals surface area (Å²) in [5, 5.41) is 11.6. The van der Waals surface area contributed by atoms with Crippen molar-refractivity contribution in [1.82, 2.24) is 0 Å². The van der Waals surface area contributed by atoms with Gasteiger partial charge in [-0.25, -0.2) is 14.8 Å². The first-order valence-corrected chi connectivity index (χ1v) is 11.3. The molecule has 2 aliphatic heterocycles. The molecular formula is C27H24N2O7. The predicted molar refractivity (Wildman–Crippen MR) is 130 cm³/mol. The van der Waals surface area contributed by atoms with Crippen molar-refractivity contribution in [1.29, 1.82) is 0 Å². The van der Waals surface area contributed by atoms with E-state index in [1.54, 1.807) is 54.6 Å². The van der Waals surface area contributed by atoms with Crippen molar-refractivity contribution >= 4 is 29.2 Å². The number of rotatable bonds is 6. The number of ether oxygens (including phenoxy) is 2. The number of benzene rings is 3. The average molecular weight is 488 g/mol. The van der Waals surface area contributed by atoms with E-state index >= 15 is 0 Å². The molecular weight excluding hydrogens is 464 g/mol. The molecule has 5 rings (SSSR count). The van der Waals surface area contributed by atoms with Crippen LogP contribution in [0, 0.1) is 12.8 Å². The standard InChI is InChI=1S/C27H24N2O7/c1-15-8-7-11-17(14-15)28-25(30)21-22(18-12-13-19(34-2)23(35-3)20(18)27(32)33)29(36-24(21)26(28)31)16-9-5-4-6-10-16/h4-14,21-22,24H,1-3H3,(H,32,33)/t21-,22+,24+/m0/s1. The van der Waals surface area contributed by atoms with Crippen molar-refractivity contribution in [2.45, 2.75) is 19.1 Å². The van der Waals surface area contributed by atoms with E-state index in [0.717, 1.165) is 10.5 Å². The smallest absolute Gasteiger partial charge is 0.339 e. The molecule has 9 nitrogen and oxygen atoms in total. The number of para-hydroxylation sites is 1. The number of aryl methyl sites for hydroxylation is 1. The molecule has 0 aromatic heterocycles. The van der Waals surface area contributed by atoms with E-state index in [1.165, 1.54) is 19.3 Å². The maximum Gasteiger partial charge on any atom is 0.339 e. The number of carboxylic acid groups (broad SMARTS) is 1. The number of anilines is 2. The highest BCUT2D eigenvalue weighted by molar-refractivity contribution is 6.24. The minimum Gasteiger partial charge on any atom is -0.493 e. The lowest BCUT2D eigenvalue weighted by Gasteiger charge is -2.30. The molecule has 0 spiro atoms. The van der Waals surface area contributed by atoms with Gasteiger partial charge in [0.15, 0.2) is 17.6 Å². The number of hydroxylamine groups is 1. The van der Waals surface area contributed by atoms with Crippen molar-refractivity contribution in [3.63, 3.8) is 0 Å². The largest absolute Gasteiger partial charge is 0.493 e. The van der Waals surface area contributed by atoms with Gasteiger partial charge in [-0.2, -0.15) is 0 Å². The number of carbonyl (C=O) groups excluding carboxylic acids is 2. The number of hydrogen-bond acceptors (Lipinski definition) is 7. The molecule has 3 atom stereocenters. The zero-order chi connectivity index (χ0) is 25.6. The first kappa shape index (κ1) is 23.4. The van der Waals surface area contributed by atoms with Crippen LogP contribution in [0.3, 0.4) is 0 Å². The van der Waals surface area contributed by atoms with Crippen molar-refractivity contribution < 1.29 is 33.8 Å². The Labute approximate surface area is 207 Å². The molecule has 0 aliphatic carbocycles. The maximum absolute atomic E-state index is 13.8. The van der Waals surface area contributed by atoms with Crippen molar-refractivity contribution in [2.24, 2.45) is 5.92 Å². The summed E-state index contributed by atoms with van der Waals surface area (Å²) in [5.41, 5.74) is 2.01. The third kappa shape index (κ3) is 3.56. The Bertz CT molecular complexity index is 1360. The molecule has 1 N–H and O–H groups in total. The summed E-state index contributed by atoms with van der Waals surface area (Å²) in [6, 6.07) is 18.2. The fourth-order valence-corrected chi connectivity index (χ4v) is 4.96. The summed E-state index contributed by atoms with van der Waals surface area (Å²) in [7, 11) is 2.76. The number of amides is 2. The molecule has 2 aliphatic rings. The lowest BCUT2D eigenvalue weighted by Crippen LogP contribution is -2.37. The number of hydrogen-bond donors (Lipinski definition) is 1. The number of methoxy groups -OCH3 is 2. The molecule has 3 aromatic carbocycles. The Balaban J connectivity index is 1.69. The molecule has 0 bridgehead atoms. The highest BCUT2D eigenvalue weighted by atomic mass is 16.7. The summed E-state index contributed by atoms with van der Waals surface area (Å²) >= 11 is 0. The minimum absolute atomic E-state index is 0.0197. The van der Waals surface area contributed by atoms with Gasteiger partial charge in [-0.3, -0.25) is 14.4 Å². The van der Waals surface area contributed by atoms with Gasteiger partial charge in [-0.05, 0) is 48.4 Å². The van der Waals surface area contributed by atoms with Crippen LogP contribution < -0.4 is 19.4 Å². The molecule has 2 fully saturated rings. The van der Waals surface area contributed by atoms with E-state index in [0.29, 0.717) is 11.4 Å². The van der Waals surface area contributed by atoms with E-state index in [2.05, 4.69) is 0 Å². The predicted octanol–water partition coefficient (Wildman–Crippen LogP) is 3.76. The monoisotopic (exact) mass is 488 g/mol. The van der Waals surface area contributed by atoms with Gasteiger partial charge in [0, 0.05) is 0 Å². The molecule has 2 saturated heterocycles. The second kappa shape index (κ2) is 9.01. The normalized spacial score (nSPS) is 21.0. The van der Waals surface area contributed by atoms with Crippen LogP contribution in [-0.2, 0) is 14.4 Å². The van der Waals surface area contributed by atoms with Gasteiger partial charge in [0.25, 0.3) is 5.91 Å². The zero-order valence-corrected chi connectivity index (χ0v) is 19.9. The molecule has 36 heavy (non-hydrogen) atoms. The third-order valence-electron chi connectivity index (χ3n) is 6.50. The van der Waals surface area contributed by atoms with Crippen LogP contribution in [-0.4, -0.2) is 43.2 Å². The number of imide groups is 1. The summed E-state index contributed by atoms with van der Waals surface area (Å²) in [6.45, 7) is 1.87. The summed E-state index contributed by atoms with van der Waals surface area (Å²) < 4.78 is 10.7. The van der Waals surface area contributed by atoms with Crippen LogP contribution in [0.5, 0.6) is 11.5 Å². The number of aromatic carboxylic acids is 1. The molecule has 2 heterocycles. The minimum atomic E-state index is -1.26. The van der Waals surface area contributed by atoms with Crippen molar-refractivity contribution in [2.75, 3.05) is 24.2 Å². The zero-order valence-electron chi connectivity index (χ0n) is 19.9. The summed E-state index contributed by atoms with van der Waals surface area (Å²) in [5.74, 6) is -2.97. The van der Waals surface area contributed by atoms with E-state index in [4.69, 9.17) is 14.3 Å². The van der Waals surface area contributed by atoms with E-state index in [1.807, 2.05) is 19.1 Å². The number of carboxylic acids is 1. The van der Waals surface area contributed by atoms with E-state index in [-0.39, 0.29) is 22.6 Å². The third-order valence-corrected chi connectivity index (χ3v) is 6.50. The first-order valence-electron chi connectivity index (χ1n) is 11.3. The SMILES string of the molecule is COc1ccc([C@@H]2[C@@H]3C(=O)N(c4cccc(C)c4)C(=O)[C@@H]3ON2c2ccccc2)c(C(=O)O)c1OC. The highest BCUT2D eigenvalue weighted by Gasteiger charge is 2.61. The number of nitrogens with zero attached hydrogens (tertiary/aromatic N) is 2. The topological polar surface area (TPSA) is 106 Å². The van der Waals surface area contributed by atoms with Gasteiger partial charge in [0.2, 0.25) is 5.91 Å². The van der Waals surface area contributed by atoms with Crippen LogP contribution in [0.1, 0.15) is 27.5 Å². The van der Waals surface area contributed by atoms with Gasteiger partial charge in [0.1, 0.15) is 11.5 Å². The molecule has 0 saturated carbocycles. The van der Waals surface area contributed by atoms with Crippen molar-refractivity contribution in [3.05, 3.63) is 83.4 Å². The summed E-state index contributed by atoms with van der Waals surface area (Å²) in [6.07, 6.45) is -1.13. The molecule has 0 unspecified atom stereocenters. The van der Waals surface area contributed by atoms with Gasteiger partial charge in [-0.15, -0.1) is 0 Å². The van der Waals surface area contributed by atoms with Crippen LogP contribution in [0.15, 0.2) is 66.7 Å². The Hall–Kier alpha value is -4.37. The van der Waals surface area contributed by atoms with Crippen LogP contribution in [0.25, 0.3) is 0 Å². The Morgan fingerprint density at radius 3 is 2.28 bits per heavy atom. The molecule has 9 heteroatoms. The van der Waals surface area contributed by atoms with Gasteiger partial charge in [-0.1, -0.05) is 36.4 Å². The number of fused-ring (bicyclic) bond motifs is 1. The first-order chi connectivity index (χ1) is 17.4. The highest BCUT2D eigenvalue weighted by Crippen LogP contribution is 2.50. The lowest BCUT2D eigenvalue weighted by molar-refractivity contribution is -0.126. The fourth-order valence-electron chi connectivity index (χ4n) is 4.96.